The molecule has 1 aromatic heterocycles. The Balaban J connectivity index is 1.33. The highest BCUT2D eigenvalue weighted by molar-refractivity contribution is 6.27. The van der Waals surface area contributed by atoms with Gasteiger partial charge in [-0.25, -0.2) is 0 Å². The molecule has 0 aliphatic heterocycles. The lowest BCUT2D eigenvalue weighted by atomic mass is 9.78. The SMILES string of the molecule is C1=Cc2c(c(-c3cc4cccc5oc6cccc3c6c45)c3ccccc3c2-c2cccc3c(-c4ccccc4)cccc23)CC1. The summed E-state index contributed by atoms with van der Waals surface area (Å²) in [5.41, 5.74) is 12.5. The first-order valence-electron chi connectivity index (χ1n) is 15.8. The van der Waals surface area contributed by atoms with Gasteiger partial charge in [0.05, 0.1) is 0 Å². The van der Waals surface area contributed by atoms with Crippen LogP contribution in [0.4, 0.5) is 0 Å². The van der Waals surface area contributed by atoms with E-state index in [4.69, 9.17) is 4.42 Å². The second-order valence-corrected chi connectivity index (χ2v) is 12.3. The molecule has 210 valence electrons. The normalized spacial score (nSPS) is 13.1. The van der Waals surface area contributed by atoms with E-state index in [1.165, 1.54) is 87.6 Å². The number of furan rings is 1. The summed E-state index contributed by atoms with van der Waals surface area (Å²) in [4.78, 5) is 0. The van der Waals surface area contributed by atoms with Gasteiger partial charge in [0.15, 0.2) is 0 Å². The number of hydrogen-bond donors (Lipinski definition) is 0. The number of benzene rings is 8. The third-order valence-electron chi connectivity index (χ3n) is 9.90. The molecule has 0 bridgehead atoms. The summed E-state index contributed by atoms with van der Waals surface area (Å²) in [6, 6.07) is 48.8. The van der Waals surface area contributed by atoms with Gasteiger partial charge in [-0.2, -0.15) is 0 Å². The Morgan fingerprint density at radius 3 is 1.96 bits per heavy atom. The third kappa shape index (κ3) is 3.50. The summed E-state index contributed by atoms with van der Waals surface area (Å²) >= 11 is 0. The van der Waals surface area contributed by atoms with Crippen LogP contribution in [0, 0.1) is 0 Å². The van der Waals surface area contributed by atoms with Gasteiger partial charge >= 0.3 is 0 Å². The van der Waals surface area contributed by atoms with E-state index in [0.29, 0.717) is 0 Å². The molecule has 10 rings (SSSR count). The Labute approximate surface area is 261 Å². The molecule has 8 aromatic carbocycles. The van der Waals surface area contributed by atoms with E-state index < -0.39 is 0 Å². The lowest BCUT2D eigenvalue weighted by Gasteiger charge is -2.25. The molecule has 45 heavy (non-hydrogen) atoms. The maximum Gasteiger partial charge on any atom is 0.136 e. The van der Waals surface area contributed by atoms with Crippen molar-refractivity contribution in [2.75, 3.05) is 0 Å². The molecule has 0 fully saturated rings. The summed E-state index contributed by atoms with van der Waals surface area (Å²) in [5, 5.41) is 10.1. The van der Waals surface area contributed by atoms with Crippen LogP contribution in [0.3, 0.4) is 0 Å². The van der Waals surface area contributed by atoms with Gasteiger partial charge in [-0.05, 0) is 108 Å². The van der Waals surface area contributed by atoms with Crippen LogP contribution in [0.15, 0.2) is 144 Å². The average molecular weight is 573 g/mol. The zero-order chi connectivity index (χ0) is 29.5. The van der Waals surface area contributed by atoms with Crippen molar-refractivity contribution in [3.05, 3.63) is 151 Å². The third-order valence-corrected chi connectivity index (χ3v) is 9.90. The molecular weight excluding hydrogens is 544 g/mol. The highest BCUT2D eigenvalue weighted by Gasteiger charge is 2.25. The van der Waals surface area contributed by atoms with Crippen molar-refractivity contribution in [1.29, 1.82) is 0 Å². The van der Waals surface area contributed by atoms with Crippen molar-refractivity contribution >= 4 is 60.3 Å². The Morgan fingerprint density at radius 2 is 1.11 bits per heavy atom. The molecule has 1 heterocycles. The Hall–Kier alpha value is -5.66. The maximum atomic E-state index is 6.35. The molecule has 0 spiro atoms. The predicted octanol–water partition coefficient (Wildman–Crippen LogP) is 12.4. The zero-order valence-electron chi connectivity index (χ0n) is 24.7. The van der Waals surface area contributed by atoms with E-state index in [0.717, 1.165) is 24.0 Å². The van der Waals surface area contributed by atoms with Crippen molar-refractivity contribution < 1.29 is 4.42 Å². The van der Waals surface area contributed by atoms with E-state index in [2.05, 4.69) is 146 Å². The van der Waals surface area contributed by atoms with Crippen LogP contribution in [0.2, 0.25) is 0 Å². The smallest absolute Gasteiger partial charge is 0.136 e. The Kier molecular flexibility index (Phi) is 5.18. The Morgan fingerprint density at radius 1 is 0.467 bits per heavy atom. The lowest BCUT2D eigenvalue weighted by molar-refractivity contribution is 0.669. The summed E-state index contributed by atoms with van der Waals surface area (Å²) in [5.74, 6) is 0. The molecule has 0 saturated carbocycles. The van der Waals surface area contributed by atoms with Crippen LogP contribution in [-0.4, -0.2) is 0 Å². The zero-order valence-corrected chi connectivity index (χ0v) is 24.7. The molecule has 0 amide bonds. The molecule has 1 heteroatoms. The fraction of sp³-hybridized carbons (Fsp3) is 0.0455. The van der Waals surface area contributed by atoms with Crippen LogP contribution >= 0.6 is 0 Å². The summed E-state index contributed by atoms with van der Waals surface area (Å²) in [7, 11) is 0. The fourth-order valence-electron chi connectivity index (χ4n) is 8.06. The monoisotopic (exact) mass is 572 g/mol. The molecule has 0 atom stereocenters. The number of rotatable bonds is 3. The summed E-state index contributed by atoms with van der Waals surface area (Å²) in [6.45, 7) is 0. The molecule has 1 nitrogen and oxygen atoms in total. The molecular formula is C44H28O. The van der Waals surface area contributed by atoms with Crippen molar-refractivity contribution in [3.8, 4) is 33.4 Å². The fourth-order valence-corrected chi connectivity index (χ4v) is 8.06. The van der Waals surface area contributed by atoms with E-state index in [1.54, 1.807) is 0 Å². The molecule has 1 aliphatic carbocycles. The minimum absolute atomic E-state index is 0.959. The standard InChI is InChI=1S/C44H28O/c1-2-12-27(13-3-1)29-19-9-21-31-30(29)20-10-22-32(31)42-33-15-4-6-17-35(33)43(36-18-7-5-16-34(36)42)38-26-28-14-8-24-39-41(28)44-37(38)23-11-25-40(44)45-39/h1-6,8-17,19-26H,7,18H2. The molecule has 0 saturated heterocycles. The number of hydrogen-bond acceptors (Lipinski definition) is 1. The van der Waals surface area contributed by atoms with Gasteiger partial charge in [0.2, 0.25) is 0 Å². The van der Waals surface area contributed by atoms with E-state index in [1.807, 2.05) is 0 Å². The largest absolute Gasteiger partial charge is 0.456 e. The minimum Gasteiger partial charge on any atom is -0.456 e. The predicted molar refractivity (Wildman–Crippen MR) is 191 cm³/mol. The highest BCUT2D eigenvalue weighted by Crippen LogP contribution is 2.50. The van der Waals surface area contributed by atoms with Crippen LogP contribution < -0.4 is 0 Å². The molecule has 0 N–H and O–H groups in total. The van der Waals surface area contributed by atoms with Crippen molar-refractivity contribution in [2.45, 2.75) is 12.8 Å². The number of allylic oxidation sites excluding steroid dienone is 1. The van der Waals surface area contributed by atoms with Gasteiger partial charge in [0.1, 0.15) is 11.2 Å². The van der Waals surface area contributed by atoms with Crippen molar-refractivity contribution in [2.24, 2.45) is 0 Å². The van der Waals surface area contributed by atoms with Gasteiger partial charge in [0, 0.05) is 10.8 Å². The van der Waals surface area contributed by atoms with Gasteiger partial charge in [-0.3, -0.25) is 0 Å². The summed E-state index contributed by atoms with van der Waals surface area (Å²) in [6.07, 6.45) is 6.79. The average Bonchev–Trinajstić information content (AvgIpc) is 3.50. The van der Waals surface area contributed by atoms with Crippen LogP contribution in [0.1, 0.15) is 17.5 Å². The van der Waals surface area contributed by atoms with E-state index in [9.17, 15) is 0 Å². The van der Waals surface area contributed by atoms with Gasteiger partial charge in [-0.1, -0.05) is 127 Å². The van der Waals surface area contributed by atoms with E-state index >= 15 is 0 Å². The quantitative estimate of drug-likeness (QED) is 0.192. The van der Waals surface area contributed by atoms with Crippen molar-refractivity contribution in [1.82, 2.24) is 0 Å². The molecule has 1 aliphatic rings. The van der Waals surface area contributed by atoms with Crippen LogP contribution in [0.25, 0.3) is 93.7 Å². The highest BCUT2D eigenvalue weighted by atomic mass is 16.3. The maximum absolute atomic E-state index is 6.35. The van der Waals surface area contributed by atoms with E-state index in [-0.39, 0.29) is 0 Å². The lowest BCUT2D eigenvalue weighted by Crippen LogP contribution is -2.03. The minimum atomic E-state index is 0.959. The second-order valence-electron chi connectivity index (χ2n) is 12.3. The number of fused-ring (bicyclic) bond motifs is 3. The van der Waals surface area contributed by atoms with Crippen LogP contribution in [0.5, 0.6) is 0 Å². The van der Waals surface area contributed by atoms with Gasteiger partial charge in [0.25, 0.3) is 0 Å². The first kappa shape index (κ1) is 24.7. The molecule has 0 radical (unpaired) electrons. The van der Waals surface area contributed by atoms with Crippen LogP contribution in [-0.2, 0) is 6.42 Å². The second kappa shape index (κ2) is 9.42. The molecule has 0 unspecified atom stereocenters. The molecule has 9 aromatic rings. The summed E-state index contributed by atoms with van der Waals surface area (Å²) < 4.78 is 6.35. The topological polar surface area (TPSA) is 13.1 Å². The van der Waals surface area contributed by atoms with Gasteiger partial charge in [-0.15, -0.1) is 0 Å². The Bertz CT molecular complexity index is 2630. The first-order valence-corrected chi connectivity index (χ1v) is 15.8. The van der Waals surface area contributed by atoms with Gasteiger partial charge < -0.3 is 4.42 Å². The van der Waals surface area contributed by atoms with Crippen molar-refractivity contribution in [3.63, 3.8) is 0 Å². The first-order chi connectivity index (χ1) is 22.3.